The minimum absolute atomic E-state index is 0.121. The van der Waals surface area contributed by atoms with Crippen molar-refractivity contribution in [2.75, 3.05) is 33.3 Å². The van der Waals surface area contributed by atoms with Crippen molar-refractivity contribution in [1.29, 1.82) is 0 Å². The SMILES string of the molecule is CC1CCC(N(C)C(=O)CN(CCO)CC(F)(F)F)CC1. The van der Waals surface area contributed by atoms with Crippen molar-refractivity contribution in [3.8, 4) is 0 Å². The second kappa shape index (κ2) is 7.98. The Morgan fingerprint density at radius 1 is 1.24 bits per heavy atom. The normalized spacial score (nSPS) is 23.4. The van der Waals surface area contributed by atoms with Gasteiger partial charge >= 0.3 is 6.18 Å². The van der Waals surface area contributed by atoms with Crippen LogP contribution in [-0.2, 0) is 4.79 Å². The number of hydrogen-bond acceptors (Lipinski definition) is 3. The molecule has 1 fully saturated rings. The summed E-state index contributed by atoms with van der Waals surface area (Å²) in [4.78, 5) is 14.7. The fourth-order valence-electron chi connectivity index (χ4n) is 2.75. The number of aliphatic hydroxyl groups excluding tert-OH is 1. The first-order valence-electron chi connectivity index (χ1n) is 7.38. The number of aliphatic hydroxyl groups is 1. The van der Waals surface area contributed by atoms with E-state index in [0.29, 0.717) is 5.92 Å². The van der Waals surface area contributed by atoms with Crippen LogP contribution in [0.3, 0.4) is 0 Å². The van der Waals surface area contributed by atoms with Crippen molar-refractivity contribution >= 4 is 5.91 Å². The summed E-state index contributed by atoms with van der Waals surface area (Å²) in [5, 5.41) is 8.83. The van der Waals surface area contributed by atoms with E-state index in [4.69, 9.17) is 5.11 Å². The van der Waals surface area contributed by atoms with E-state index >= 15 is 0 Å². The highest BCUT2D eigenvalue weighted by atomic mass is 19.4. The van der Waals surface area contributed by atoms with E-state index < -0.39 is 19.3 Å². The number of halogens is 3. The van der Waals surface area contributed by atoms with Crippen LogP contribution >= 0.6 is 0 Å². The summed E-state index contributed by atoms with van der Waals surface area (Å²) < 4.78 is 37.3. The molecule has 1 saturated carbocycles. The number of amides is 1. The summed E-state index contributed by atoms with van der Waals surface area (Å²) in [5.41, 5.74) is 0. The van der Waals surface area contributed by atoms with Gasteiger partial charge in [0, 0.05) is 19.6 Å². The molecular weight excluding hydrogens is 285 g/mol. The Morgan fingerprint density at radius 3 is 2.29 bits per heavy atom. The molecule has 0 heterocycles. The molecule has 1 rings (SSSR count). The Hall–Kier alpha value is -0.820. The molecule has 0 atom stereocenters. The molecule has 0 spiro atoms. The maximum atomic E-state index is 12.4. The molecule has 21 heavy (non-hydrogen) atoms. The maximum absolute atomic E-state index is 12.4. The van der Waals surface area contributed by atoms with Crippen molar-refractivity contribution in [3.05, 3.63) is 0 Å². The smallest absolute Gasteiger partial charge is 0.395 e. The largest absolute Gasteiger partial charge is 0.401 e. The van der Waals surface area contributed by atoms with E-state index in [1.807, 2.05) is 0 Å². The monoisotopic (exact) mass is 310 g/mol. The van der Waals surface area contributed by atoms with Gasteiger partial charge in [-0.1, -0.05) is 6.92 Å². The van der Waals surface area contributed by atoms with Crippen LogP contribution in [0, 0.1) is 5.92 Å². The third kappa shape index (κ3) is 6.65. The van der Waals surface area contributed by atoms with Crippen molar-refractivity contribution in [1.82, 2.24) is 9.80 Å². The number of hydrogen-bond donors (Lipinski definition) is 1. The quantitative estimate of drug-likeness (QED) is 0.815. The van der Waals surface area contributed by atoms with Crippen LogP contribution in [0.25, 0.3) is 0 Å². The third-order valence-electron chi connectivity index (χ3n) is 4.10. The van der Waals surface area contributed by atoms with Crippen LogP contribution in [0.4, 0.5) is 13.2 Å². The average Bonchev–Trinajstić information content (AvgIpc) is 2.37. The van der Waals surface area contributed by atoms with Gasteiger partial charge in [-0.2, -0.15) is 13.2 Å². The van der Waals surface area contributed by atoms with Gasteiger partial charge in [-0.3, -0.25) is 9.69 Å². The second-order valence-corrected chi connectivity index (χ2v) is 5.97. The van der Waals surface area contributed by atoms with Crippen LogP contribution in [0.1, 0.15) is 32.6 Å². The average molecular weight is 310 g/mol. The Labute approximate surface area is 123 Å². The third-order valence-corrected chi connectivity index (χ3v) is 4.10. The van der Waals surface area contributed by atoms with E-state index in [2.05, 4.69) is 6.92 Å². The molecule has 124 valence electrons. The van der Waals surface area contributed by atoms with Crippen LogP contribution in [0.5, 0.6) is 0 Å². The van der Waals surface area contributed by atoms with Gasteiger partial charge in [0.15, 0.2) is 0 Å². The minimum atomic E-state index is -4.37. The number of likely N-dealkylation sites (N-methyl/N-ethyl adjacent to an activating group) is 1. The van der Waals surface area contributed by atoms with E-state index in [-0.39, 0.29) is 25.0 Å². The van der Waals surface area contributed by atoms with Gasteiger partial charge in [0.05, 0.1) is 19.7 Å². The summed E-state index contributed by atoms with van der Waals surface area (Å²) in [6.07, 6.45) is -0.462. The second-order valence-electron chi connectivity index (χ2n) is 5.97. The lowest BCUT2D eigenvalue weighted by Crippen LogP contribution is -2.47. The molecule has 1 aliphatic carbocycles. The summed E-state index contributed by atoms with van der Waals surface area (Å²) in [5.74, 6) is 0.341. The Bertz CT molecular complexity index is 329. The van der Waals surface area contributed by atoms with Crippen LogP contribution in [0.15, 0.2) is 0 Å². The minimum Gasteiger partial charge on any atom is -0.395 e. The molecule has 0 aromatic rings. The first kappa shape index (κ1) is 18.2. The molecular formula is C14H25F3N2O2. The van der Waals surface area contributed by atoms with E-state index in [0.717, 1.165) is 30.6 Å². The first-order chi connectivity index (χ1) is 9.73. The van der Waals surface area contributed by atoms with E-state index in [1.54, 1.807) is 11.9 Å². The highest BCUT2D eigenvalue weighted by molar-refractivity contribution is 5.78. The standard InChI is InChI=1S/C14H25F3N2O2/c1-11-3-5-12(6-4-11)18(2)13(21)9-19(7-8-20)10-14(15,16)17/h11-12,20H,3-10H2,1-2H3. The number of carbonyl (C=O) groups is 1. The van der Waals surface area contributed by atoms with Gasteiger partial charge in [0.25, 0.3) is 0 Å². The zero-order valence-electron chi connectivity index (χ0n) is 12.7. The molecule has 7 heteroatoms. The van der Waals surface area contributed by atoms with Gasteiger partial charge < -0.3 is 10.0 Å². The van der Waals surface area contributed by atoms with Gasteiger partial charge in [-0.15, -0.1) is 0 Å². The molecule has 0 saturated heterocycles. The topological polar surface area (TPSA) is 43.8 Å². The molecule has 1 amide bonds. The molecule has 0 bridgehead atoms. The van der Waals surface area contributed by atoms with Crippen molar-refractivity contribution in [3.63, 3.8) is 0 Å². The van der Waals surface area contributed by atoms with Crippen molar-refractivity contribution in [2.45, 2.75) is 44.8 Å². The predicted molar refractivity (Wildman–Crippen MR) is 73.8 cm³/mol. The molecule has 1 N–H and O–H groups in total. The fraction of sp³-hybridized carbons (Fsp3) is 0.929. The highest BCUT2D eigenvalue weighted by Gasteiger charge is 2.32. The number of rotatable bonds is 6. The van der Waals surface area contributed by atoms with Gasteiger partial charge in [0.2, 0.25) is 5.91 Å². The molecule has 0 aliphatic heterocycles. The predicted octanol–water partition coefficient (Wildman–Crippen LogP) is 1.88. The van der Waals surface area contributed by atoms with E-state index in [9.17, 15) is 18.0 Å². The molecule has 1 aliphatic rings. The van der Waals surface area contributed by atoms with Crippen LogP contribution in [0.2, 0.25) is 0 Å². The van der Waals surface area contributed by atoms with Crippen molar-refractivity contribution in [2.24, 2.45) is 5.92 Å². The van der Waals surface area contributed by atoms with Gasteiger partial charge in [-0.25, -0.2) is 0 Å². The summed E-state index contributed by atoms with van der Waals surface area (Å²) in [6.45, 7) is 0.149. The zero-order chi connectivity index (χ0) is 16.0. The number of nitrogens with zero attached hydrogens (tertiary/aromatic N) is 2. The van der Waals surface area contributed by atoms with Crippen LogP contribution < -0.4 is 0 Å². The molecule has 0 radical (unpaired) electrons. The molecule has 4 nitrogen and oxygen atoms in total. The molecule has 0 aromatic carbocycles. The van der Waals surface area contributed by atoms with Gasteiger partial charge in [0.1, 0.15) is 0 Å². The number of carbonyl (C=O) groups excluding carboxylic acids is 1. The summed E-state index contributed by atoms with van der Waals surface area (Å²) in [6, 6.07) is 0.121. The molecule has 0 unspecified atom stereocenters. The Morgan fingerprint density at radius 2 is 1.81 bits per heavy atom. The lowest BCUT2D eigenvalue weighted by molar-refractivity contribution is -0.152. The zero-order valence-corrected chi connectivity index (χ0v) is 12.7. The van der Waals surface area contributed by atoms with Crippen molar-refractivity contribution < 1.29 is 23.1 Å². The van der Waals surface area contributed by atoms with Gasteiger partial charge in [-0.05, 0) is 31.6 Å². The Balaban J connectivity index is 2.51. The summed E-state index contributed by atoms with van der Waals surface area (Å²) >= 11 is 0. The Kier molecular flexibility index (Phi) is 6.93. The lowest BCUT2D eigenvalue weighted by Gasteiger charge is -2.35. The summed E-state index contributed by atoms with van der Waals surface area (Å²) in [7, 11) is 1.66. The lowest BCUT2D eigenvalue weighted by atomic mass is 9.87. The highest BCUT2D eigenvalue weighted by Crippen LogP contribution is 2.26. The number of alkyl halides is 3. The first-order valence-corrected chi connectivity index (χ1v) is 7.38. The van der Waals surface area contributed by atoms with Crippen LogP contribution in [-0.4, -0.2) is 66.3 Å². The maximum Gasteiger partial charge on any atom is 0.401 e. The van der Waals surface area contributed by atoms with E-state index in [1.165, 1.54) is 0 Å². The molecule has 0 aromatic heterocycles. The fourth-order valence-corrected chi connectivity index (χ4v) is 2.75.